The first kappa shape index (κ1) is 28.0. The Hall–Kier alpha value is -4.03. The fraction of sp³-hybridized carbons (Fsp3) is 0.212. The fourth-order valence-corrected chi connectivity index (χ4v) is 4.21. The van der Waals surface area contributed by atoms with Crippen LogP contribution in [0.2, 0.25) is 0 Å². The minimum atomic E-state index is -1.07. The molecule has 0 aliphatic carbocycles. The lowest BCUT2D eigenvalue weighted by Crippen LogP contribution is -2.01. The molecule has 0 bridgehead atoms. The van der Waals surface area contributed by atoms with Gasteiger partial charge in [-0.05, 0) is 59.4 Å². The smallest absolute Gasteiger partial charge is 0.201 e. The number of halogens is 3. The number of rotatable bonds is 12. The average molecular weight is 533 g/mol. The van der Waals surface area contributed by atoms with E-state index in [4.69, 9.17) is 9.47 Å². The molecule has 0 saturated heterocycles. The van der Waals surface area contributed by atoms with Crippen molar-refractivity contribution in [1.29, 1.82) is 0 Å². The zero-order valence-electron chi connectivity index (χ0n) is 21.8. The van der Waals surface area contributed by atoms with Crippen molar-refractivity contribution in [1.82, 2.24) is 0 Å². The molecule has 0 fully saturated rings. The highest BCUT2D eigenvalue weighted by molar-refractivity contribution is 5.66. The molecule has 0 aliphatic rings. The largest absolute Gasteiger partial charge is 0.493 e. The minimum Gasteiger partial charge on any atom is -0.493 e. The standard InChI is InChI=1S/C33H31F3O3/c1-3-5-19-38-26-15-16-27(29(34)20-26)23-9-7-22(8-10-23)21-39-31-18-17-28(32(35)33(31)36)24-11-13-25(14-12-24)30(37)6-4-2/h3,7-18,20,30,37H,1,4-6,19,21H2,2H3. The van der Waals surface area contributed by atoms with Gasteiger partial charge >= 0.3 is 0 Å². The summed E-state index contributed by atoms with van der Waals surface area (Å²) in [4.78, 5) is 0. The third-order valence-corrected chi connectivity index (χ3v) is 6.41. The Labute approximate surface area is 227 Å². The summed E-state index contributed by atoms with van der Waals surface area (Å²) in [5.41, 5.74) is 3.16. The molecule has 4 rings (SSSR count). The van der Waals surface area contributed by atoms with Crippen LogP contribution in [0.1, 0.15) is 43.4 Å². The first-order valence-corrected chi connectivity index (χ1v) is 12.9. The van der Waals surface area contributed by atoms with E-state index in [-0.39, 0.29) is 17.9 Å². The third kappa shape index (κ3) is 6.89. The second-order valence-electron chi connectivity index (χ2n) is 9.22. The van der Waals surface area contributed by atoms with E-state index >= 15 is 0 Å². The third-order valence-electron chi connectivity index (χ3n) is 6.41. The summed E-state index contributed by atoms with van der Waals surface area (Å²) in [5.74, 6) is -2.23. The number of benzene rings is 4. The molecule has 0 aliphatic heterocycles. The lowest BCUT2D eigenvalue weighted by atomic mass is 9.99. The maximum Gasteiger partial charge on any atom is 0.201 e. The first-order valence-electron chi connectivity index (χ1n) is 12.9. The lowest BCUT2D eigenvalue weighted by Gasteiger charge is -2.13. The minimum absolute atomic E-state index is 0.0125. The van der Waals surface area contributed by atoms with E-state index in [1.807, 2.05) is 6.92 Å². The Balaban J connectivity index is 1.41. The molecular weight excluding hydrogens is 501 g/mol. The highest BCUT2D eigenvalue weighted by Gasteiger charge is 2.17. The van der Waals surface area contributed by atoms with Crippen LogP contribution in [0, 0.1) is 17.5 Å². The van der Waals surface area contributed by atoms with Crippen molar-refractivity contribution in [3.63, 3.8) is 0 Å². The average Bonchev–Trinajstić information content (AvgIpc) is 2.95. The van der Waals surface area contributed by atoms with Crippen molar-refractivity contribution in [2.24, 2.45) is 0 Å². The van der Waals surface area contributed by atoms with Gasteiger partial charge < -0.3 is 14.6 Å². The molecule has 202 valence electrons. The Morgan fingerprint density at radius 2 is 1.49 bits per heavy atom. The maximum atomic E-state index is 14.9. The zero-order chi connectivity index (χ0) is 27.8. The number of ether oxygens (including phenoxy) is 2. The summed E-state index contributed by atoms with van der Waals surface area (Å²) in [5, 5.41) is 10.1. The Morgan fingerprint density at radius 3 is 2.15 bits per heavy atom. The van der Waals surface area contributed by atoms with Gasteiger partial charge in [0.25, 0.3) is 0 Å². The van der Waals surface area contributed by atoms with Gasteiger partial charge in [-0.15, -0.1) is 6.58 Å². The second-order valence-corrected chi connectivity index (χ2v) is 9.22. The topological polar surface area (TPSA) is 38.7 Å². The molecule has 0 spiro atoms. The van der Waals surface area contributed by atoms with Crippen LogP contribution in [-0.4, -0.2) is 11.7 Å². The molecule has 4 aromatic rings. The van der Waals surface area contributed by atoms with Gasteiger partial charge in [0.15, 0.2) is 11.6 Å². The van der Waals surface area contributed by atoms with E-state index in [9.17, 15) is 18.3 Å². The second kappa shape index (κ2) is 13.2. The van der Waals surface area contributed by atoms with Gasteiger partial charge in [0.2, 0.25) is 5.82 Å². The first-order chi connectivity index (χ1) is 18.9. The van der Waals surface area contributed by atoms with Gasteiger partial charge in [-0.2, -0.15) is 4.39 Å². The monoisotopic (exact) mass is 532 g/mol. The SMILES string of the molecule is C=CCCOc1ccc(-c2ccc(COc3ccc(-c4ccc(C(O)CCC)cc4)c(F)c3F)cc2)c(F)c1. The van der Waals surface area contributed by atoms with Crippen LogP contribution in [0.15, 0.2) is 91.5 Å². The van der Waals surface area contributed by atoms with E-state index in [1.54, 1.807) is 66.7 Å². The Morgan fingerprint density at radius 1 is 0.821 bits per heavy atom. The van der Waals surface area contributed by atoms with Crippen LogP contribution in [0.5, 0.6) is 11.5 Å². The summed E-state index contributed by atoms with van der Waals surface area (Å²) in [6.45, 7) is 6.06. The van der Waals surface area contributed by atoms with Gasteiger partial charge in [0.1, 0.15) is 18.2 Å². The van der Waals surface area contributed by atoms with Crippen molar-refractivity contribution in [2.45, 2.75) is 38.9 Å². The van der Waals surface area contributed by atoms with E-state index < -0.39 is 23.6 Å². The highest BCUT2D eigenvalue weighted by Crippen LogP contribution is 2.32. The Bertz CT molecular complexity index is 1400. The molecule has 0 aromatic heterocycles. The molecule has 1 unspecified atom stereocenters. The van der Waals surface area contributed by atoms with Gasteiger partial charge in [-0.25, -0.2) is 8.78 Å². The van der Waals surface area contributed by atoms with Crippen LogP contribution in [0.25, 0.3) is 22.3 Å². The van der Waals surface area contributed by atoms with Crippen LogP contribution in [-0.2, 0) is 6.61 Å². The predicted molar refractivity (Wildman–Crippen MR) is 148 cm³/mol. The summed E-state index contributed by atoms with van der Waals surface area (Å²) in [6.07, 6.45) is 3.30. The van der Waals surface area contributed by atoms with Crippen molar-refractivity contribution in [3.05, 3.63) is 120 Å². The zero-order valence-corrected chi connectivity index (χ0v) is 21.8. The molecule has 0 radical (unpaired) electrons. The molecule has 1 N–H and O–H groups in total. The molecular formula is C33H31F3O3. The normalized spacial score (nSPS) is 11.7. The van der Waals surface area contributed by atoms with Gasteiger partial charge in [-0.1, -0.05) is 68.0 Å². The number of aliphatic hydroxyl groups excluding tert-OH is 1. The molecule has 1 atom stereocenters. The molecule has 0 amide bonds. The molecule has 6 heteroatoms. The quantitative estimate of drug-likeness (QED) is 0.146. The van der Waals surface area contributed by atoms with E-state index in [1.165, 1.54) is 18.2 Å². The van der Waals surface area contributed by atoms with Crippen LogP contribution >= 0.6 is 0 Å². The van der Waals surface area contributed by atoms with Crippen molar-refractivity contribution in [3.8, 4) is 33.8 Å². The molecule has 4 aromatic carbocycles. The molecule has 39 heavy (non-hydrogen) atoms. The molecule has 3 nitrogen and oxygen atoms in total. The fourth-order valence-electron chi connectivity index (χ4n) is 4.21. The van der Waals surface area contributed by atoms with Crippen LogP contribution < -0.4 is 9.47 Å². The van der Waals surface area contributed by atoms with Gasteiger partial charge in [0, 0.05) is 17.2 Å². The summed E-state index contributed by atoms with van der Waals surface area (Å²) < 4.78 is 55.4. The number of hydrogen-bond donors (Lipinski definition) is 1. The van der Waals surface area contributed by atoms with Crippen molar-refractivity contribution >= 4 is 0 Å². The van der Waals surface area contributed by atoms with E-state index in [0.29, 0.717) is 47.5 Å². The van der Waals surface area contributed by atoms with Crippen LogP contribution in [0.4, 0.5) is 13.2 Å². The predicted octanol–water partition coefficient (Wildman–Crippen LogP) is 8.81. The van der Waals surface area contributed by atoms with Gasteiger partial charge in [0.05, 0.1) is 12.7 Å². The van der Waals surface area contributed by atoms with E-state index in [0.717, 1.165) is 12.0 Å². The number of hydrogen-bond acceptors (Lipinski definition) is 3. The van der Waals surface area contributed by atoms with Crippen molar-refractivity contribution in [2.75, 3.05) is 6.61 Å². The van der Waals surface area contributed by atoms with Crippen LogP contribution in [0.3, 0.4) is 0 Å². The summed E-state index contributed by atoms with van der Waals surface area (Å²) in [6, 6.07) is 21.4. The Kier molecular flexibility index (Phi) is 9.45. The van der Waals surface area contributed by atoms with Gasteiger partial charge in [-0.3, -0.25) is 0 Å². The van der Waals surface area contributed by atoms with Crippen molar-refractivity contribution < 1.29 is 27.8 Å². The lowest BCUT2D eigenvalue weighted by molar-refractivity contribution is 0.166. The maximum absolute atomic E-state index is 14.9. The summed E-state index contributed by atoms with van der Waals surface area (Å²) in [7, 11) is 0. The summed E-state index contributed by atoms with van der Waals surface area (Å²) >= 11 is 0. The molecule has 0 saturated carbocycles. The number of aliphatic hydroxyl groups is 1. The highest BCUT2D eigenvalue weighted by atomic mass is 19.2. The molecule has 0 heterocycles. The van der Waals surface area contributed by atoms with E-state index in [2.05, 4.69) is 6.58 Å².